The number of rotatable bonds is 3. The minimum absolute atomic E-state index is 0. The molecule has 0 saturated heterocycles. The summed E-state index contributed by atoms with van der Waals surface area (Å²) in [6.07, 6.45) is 2.99. The Kier molecular flexibility index (Phi) is 6.99. The van der Waals surface area contributed by atoms with Crippen molar-refractivity contribution in [3.8, 4) is 0 Å². The van der Waals surface area contributed by atoms with Gasteiger partial charge in [-0.05, 0) is 0 Å². The van der Waals surface area contributed by atoms with E-state index >= 15 is 0 Å². The van der Waals surface area contributed by atoms with Crippen LogP contribution >= 0.6 is 12.4 Å². The molecule has 0 aromatic rings. The molecule has 0 aromatic carbocycles. The second-order valence-corrected chi connectivity index (χ2v) is 3.52. The predicted molar refractivity (Wildman–Crippen MR) is 68.1 cm³/mol. The molecule has 0 amide bonds. The maximum atomic E-state index is 11.4. The van der Waals surface area contributed by atoms with Gasteiger partial charge in [0.25, 0.3) is 0 Å². The molecule has 6 nitrogen and oxygen atoms in total. The largest absolute Gasteiger partial charge is 0.466 e. The predicted octanol–water partition coefficient (Wildman–Crippen LogP) is 0.200. The van der Waals surface area contributed by atoms with Crippen molar-refractivity contribution in [1.29, 1.82) is 0 Å². The van der Waals surface area contributed by atoms with Crippen LogP contribution < -0.4 is 0 Å². The number of carbonyl (C=O) groups is 2. The van der Waals surface area contributed by atoms with Crippen molar-refractivity contribution >= 4 is 41.1 Å². The fourth-order valence-electron chi connectivity index (χ4n) is 1.32. The molecule has 0 saturated carbocycles. The molecule has 0 fully saturated rings. The summed E-state index contributed by atoms with van der Waals surface area (Å²) in [6.45, 7) is 0. The molecule has 1 aliphatic heterocycles. The number of nitrogens with zero attached hydrogens (tertiary/aromatic N) is 1. The van der Waals surface area contributed by atoms with Crippen molar-refractivity contribution in [2.75, 3.05) is 14.2 Å². The number of hydrogen-bond donors (Lipinski definition) is 0. The van der Waals surface area contributed by atoms with E-state index in [-0.39, 0.29) is 41.2 Å². The number of halogens is 1. The molecular formula is C10H12ClNO5S. The summed E-state index contributed by atoms with van der Waals surface area (Å²) in [7, 11) is 2.49. The first-order valence-electron chi connectivity index (χ1n) is 4.59. The van der Waals surface area contributed by atoms with Crippen molar-refractivity contribution in [2.45, 2.75) is 6.42 Å². The smallest absolute Gasteiger partial charge is 0.335 e. The summed E-state index contributed by atoms with van der Waals surface area (Å²) < 4.78 is 19.6. The topological polar surface area (TPSA) is 72.9 Å². The Morgan fingerprint density at radius 2 is 1.67 bits per heavy atom. The van der Waals surface area contributed by atoms with Gasteiger partial charge in [-0.2, -0.15) is 0 Å². The van der Waals surface area contributed by atoms with Crippen molar-refractivity contribution in [1.82, 2.24) is 4.90 Å². The van der Waals surface area contributed by atoms with Crippen LogP contribution in [0.4, 0.5) is 0 Å². The fraction of sp³-hybridized carbons (Fsp3) is 0.300. The molecule has 0 atom stereocenters. The lowest BCUT2D eigenvalue weighted by molar-refractivity contribution is -0.136. The van der Waals surface area contributed by atoms with E-state index in [1.165, 1.54) is 37.0 Å². The van der Waals surface area contributed by atoms with E-state index in [1.54, 1.807) is 0 Å². The summed E-state index contributed by atoms with van der Waals surface area (Å²) >= 11 is 0.208. The SMILES string of the molecule is COC(=O)C1=CN(C=S=O)C=C(C(=O)OC)C1.Cl. The Morgan fingerprint density at radius 3 is 2.00 bits per heavy atom. The van der Waals surface area contributed by atoms with Crippen LogP contribution in [0.5, 0.6) is 0 Å². The summed E-state index contributed by atoms with van der Waals surface area (Å²) in [4.78, 5) is 24.1. The Morgan fingerprint density at radius 1 is 1.22 bits per heavy atom. The van der Waals surface area contributed by atoms with Gasteiger partial charge in [0.2, 0.25) is 0 Å². The number of esters is 2. The van der Waals surface area contributed by atoms with Gasteiger partial charge in [0.1, 0.15) is 16.7 Å². The monoisotopic (exact) mass is 293 g/mol. The summed E-state index contributed by atoms with van der Waals surface area (Å²) in [5.41, 5.74) is 1.77. The molecule has 0 aliphatic carbocycles. The van der Waals surface area contributed by atoms with Crippen LogP contribution in [0.1, 0.15) is 6.42 Å². The van der Waals surface area contributed by atoms with E-state index in [1.807, 2.05) is 0 Å². The number of carbonyl (C=O) groups excluding carboxylic acids is 2. The Balaban J connectivity index is 0.00000289. The molecule has 8 heteroatoms. The van der Waals surface area contributed by atoms with E-state index in [0.29, 0.717) is 0 Å². The number of hydrogen-bond acceptors (Lipinski definition) is 5. The Hall–Kier alpha value is -1.60. The highest BCUT2D eigenvalue weighted by Gasteiger charge is 2.22. The zero-order valence-corrected chi connectivity index (χ0v) is 11.4. The first-order chi connectivity index (χ1) is 8.12. The maximum absolute atomic E-state index is 11.4. The van der Waals surface area contributed by atoms with Gasteiger partial charge < -0.3 is 14.4 Å². The highest BCUT2D eigenvalue weighted by atomic mass is 35.5. The van der Waals surface area contributed by atoms with E-state index < -0.39 is 11.9 Å². The quantitative estimate of drug-likeness (QED) is 0.547. The lowest BCUT2D eigenvalue weighted by atomic mass is 10.0. The minimum Gasteiger partial charge on any atom is -0.466 e. The minimum atomic E-state index is -0.547. The zero-order chi connectivity index (χ0) is 12.8. The average molecular weight is 294 g/mol. The molecule has 1 aliphatic rings. The Labute approximate surface area is 114 Å². The summed E-state index contributed by atoms with van der Waals surface area (Å²) in [6, 6.07) is 0. The van der Waals surface area contributed by atoms with Crippen LogP contribution in [0.2, 0.25) is 0 Å². The number of methoxy groups -OCH3 is 2. The second-order valence-electron chi connectivity index (χ2n) is 3.12. The number of ether oxygens (including phenoxy) is 2. The molecular weight excluding hydrogens is 282 g/mol. The van der Waals surface area contributed by atoms with Crippen LogP contribution in [0.25, 0.3) is 0 Å². The van der Waals surface area contributed by atoms with Crippen LogP contribution in [0.3, 0.4) is 0 Å². The second kappa shape index (κ2) is 7.67. The fourth-order valence-corrected chi connectivity index (χ4v) is 1.54. The molecule has 0 unspecified atom stereocenters. The van der Waals surface area contributed by atoms with E-state index in [2.05, 4.69) is 9.47 Å². The Bertz CT molecular complexity index is 421. The molecule has 0 N–H and O–H groups in total. The van der Waals surface area contributed by atoms with E-state index in [4.69, 9.17) is 0 Å². The standard InChI is InChI=1S/C10H11NO5S.ClH/c1-15-9(12)7-3-8(10(13)16-2)5-11(4-7)6-17-14;/h4-6H,3H2,1-2H3;1H. The molecule has 0 bridgehead atoms. The highest BCUT2D eigenvalue weighted by Crippen LogP contribution is 2.20. The third-order valence-electron chi connectivity index (χ3n) is 2.05. The first kappa shape index (κ1) is 16.4. The lowest BCUT2D eigenvalue weighted by Gasteiger charge is -2.18. The zero-order valence-electron chi connectivity index (χ0n) is 9.74. The van der Waals surface area contributed by atoms with Crippen LogP contribution in [-0.4, -0.2) is 40.8 Å². The summed E-state index contributed by atoms with van der Waals surface area (Å²) in [5.74, 6) is -1.09. The van der Waals surface area contributed by atoms with Gasteiger partial charge in [0.15, 0.2) is 0 Å². The van der Waals surface area contributed by atoms with Gasteiger partial charge in [-0.3, -0.25) is 0 Å². The van der Waals surface area contributed by atoms with Crippen LogP contribution in [0, 0.1) is 0 Å². The first-order valence-corrected chi connectivity index (χ1v) is 5.40. The van der Waals surface area contributed by atoms with Gasteiger partial charge in [-0.1, -0.05) is 0 Å². The maximum Gasteiger partial charge on any atom is 0.335 e. The van der Waals surface area contributed by atoms with E-state index in [0.717, 1.165) is 0 Å². The van der Waals surface area contributed by atoms with Crippen molar-refractivity contribution < 1.29 is 23.3 Å². The van der Waals surface area contributed by atoms with Crippen molar-refractivity contribution in [3.63, 3.8) is 0 Å². The molecule has 100 valence electrons. The third kappa shape index (κ3) is 4.01. The molecule has 0 spiro atoms. The molecule has 18 heavy (non-hydrogen) atoms. The average Bonchev–Trinajstić information content (AvgIpc) is 2.36. The molecule has 0 aromatic heterocycles. The van der Waals surface area contributed by atoms with Gasteiger partial charge in [0.05, 0.1) is 25.4 Å². The van der Waals surface area contributed by atoms with E-state index in [9.17, 15) is 13.8 Å². The van der Waals surface area contributed by atoms with Crippen molar-refractivity contribution in [3.05, 3.63) is 23.5 Å². The van der Waals surface area contributed by atoms with Gasteiger partial charge in [0, 0.05) is 18.8 Å². The van der Waals surface area contributed by atoms with Crippen LogP contribution in [-0.2, 0) is 30.3 Å². The third-order valence-corrected chi connectivity index (χ3v) is 2.38. The summed E-state index contributed by atoms with van der Waals surface area (Å²) in [5, 5.41) is 0. The lowest BCUT2D eigenvalue weighted by Crippen LogP contribution is -2.21. The molecule has 0 radical (unpaired) electrons. The van der Waals surface area contributed by atoms with Crippen molar-refractivity contribution in [2.24, 2.45) is 0 Å². The molecule has 1 heterocycles. The van der Waals surface area contributed by atoms with Gasteiger partial charge >= 0.3 is 11.9 Å². The molecule has 1 rings (SSSR count). The normalized spacial score (nSPS) is 13.6. The van der Waals surface area contributed by atoms with Gasteiger partial charge in [-0.25, -0.2) is 13.8 Å². The highest BCUT2D eigenvalue weighted by molar-refractivity contribution is 7.64. The van der Waals surface area contributed by atoms with Gasteiger partial charge in [-0.15, -0.1) is 12.4 Å². The van der Waals surface area contributed by atoms with Crippen LogP contribution in [0.15, 0.2) is 23.5 Å².